The zero-order valence-corrected chi connectivity index (χ0v) is 18.1. The van der Waals surface area contributed by atoms with E-state index >= 15 is 0 Å². The molecule has 1 saturated carbocycles. The van der Waals surface area contributed by atoms with E-state index in [4.69, 9.17) is 9.47 Å². The minimum atomic E-state index is -0.654. The number of benzene rings is 1. The smallest absolute Gasteiger partial charge is 0.275 e. The Morgan fingerprint density at radius 2 is 2.10 bits per heavy atom. The number of fused-ring (bicyclic) bond motifs is 1. The number of aliphatic hydroxyl groups is 1. The van der Waals surface area contributed by atoms with E-state index in [0.717, 1.165) is 75.1 Å². The molecule has 1 aliphatic heterocycles. The number of nitrogens with one attached hydrogen (secondary N) is 2. The van der Waals surface area contributed by atoms with Crippen molar-refractivity contribution in [1.29, 1.82) is 0 Å². The number of rotatable bonds is 8. The Labute approximate surface area is 174 Å². The Balaban J connectivity index is 1.92. The van der Waals surface area contributed by atoms with E-state index in [0.29, 0.717) is 6.54 Å². The van der Waals surface area contributed by atoms with Crippen LogP contribution in [0.2, 0.25) is 0 Å². The van der Waals surface area contributed by atoms with Crippen molar-refractivity contribution in [2.24, 2.45) is 5.92 Å². The van der Waals surface area contributed by atoms with Crippen LogP contribution in [0, 0.1) is 5.92 Å². The van der Waals surface area contributed by atoms with Crippen molar-refractivity contribution < 1.29 is 24.3 Å². The molecule has 0 radical (unpaired) electrons. The lowest BCUT2D eigenvalue weighted by Crippen LogP contribution is -3.16. The standard InChI is InChI=1S/C23H36N2O4/c1-4-5-13-24-21(26)16-25-14-12-23(27)11-7-6-8-19(23)22(25)18-15-17(28-2)9-10-20(18)29-3/h9-10,15,19,22,27H,4-8,11-14,16H2,1-3H3,(H,24,26)/p+1/t19-,22-,23+/m0/s1. The maximum atomic E-state index is 12.6. The summed E-state index contributed by atoms with van der Waals surface area (Å²) in [6.07, 6.45) is 6.82. The van der Waals surface area contributed by atoms with Gasteiger partial charge in [-0.05, 0) is 37.5 Å². The number of methoxy groups -OCH3 is 2. The van der Waals surface area contributed by atoms with Gasteiger partial charge in [0.15, 0.2) is 6.54 Å². The summed E-state index contributed by atoms with van der Waals surface area (Å²) in [5.74, 6) is 1.78. The minimum Gasteiger partial charge on any atom is -0.497 e. The molecule has 0 bridgehead atoms. The van der Waals surface area contributed by atoms with Crippen LogP contribution in [-0.4, -0.2) is 50.5 Å². The Hall–Kier alpha value is -1.79. The summed E-state index contributed by atoms with van der Waals surface area (Å²) in [6.45, 7) is 4.04. The molecule has 1 aromatic carbocycles. The summed E-state index contributed by atoms with van der Waals surface area (Å²) >= 11 is 0. The number of likely N-dealkylation sites (tertiary alicyclic amines) is 1. The van der Waals surface area contributed by atoms with E-state index in [1.54, 1.807) is 14.2 Å². The maximum Gasteiger partial charge on any atom is 0.275 e. The average Bonchev–Trinajstić information content (AvgIpc) is 2.73. The van der Waals surface area contributed by atoms with Crippen molar-refractivity contribution >= 4 is 5.91 Å². The fourth-order valence-electron chi connectivity index (χ4n) is 5.24. The van der Waals surface area contributed by atoms with Gasteiger partial charge in [0, 0.05) is 18.9 Å². The monoisotopic (exact) mass is 405 g/mol. The molecule has 1 aliphatic carbocycles. The summed E-state index contributed by atoms with van der Waals surface area (Å²) in [6, 6.07) is 5.87. The van der Waals surface area contributed by atoms with Crippen LogP contribution in [-0.2, 0) is 4.79 Å². The average molecular weight is 406 g/mol. The molecule has 1 amide bonds. The summed E-state index contributed by atoms with van der Waals surface area (Å²) in [4.78, 5) is 13.8. The Bertz CT molecular complexity index is 695. The third kappa shape index (κ3) is 4.86. The minimum absolute atomic E-state index is 0.0102. The number of carbonyl (C=O) groups is 1. The number of ether oxygens (including phenoxy) is 2. The normalized spacial score (nSPS) is 29.0. The van der Waals surface area contributed by atoms with Crippen LogP contribution < -0.4 is 19.7 Å². The lowest BCUT2D eigenvalue weighted by Gasteiger charge is -2.50. The highest BCUT2D eigenvalue weighted by Crippen LogP contribution is 2.46. The second kappa shape index (κ2) is 9.81. The van der Waals surface area contributed by atoms with Gasteiger partial charge in [-0.2, -0.15) is 0 Å². The number of piperidine rings is 1. The van der Waals surface area contributed by atoms with Crippen LogP contribution in [0.15, 0.2) is 18.2 Å². The fourth-order valence-corrected chi connectivity index (χ4v) is 5.24. The van der Waals surface area contributed by atoms with E-state index in [-0.39, 0.29) is 17.9 Å². The van der Waals surface area contributed by atoms with E-state index in [1.165, 1.54) is 4.90 Å². The summed E-state index contributed by atoms with van der Waals surface area (Å²) in [7, 11) is 3.34. The largest absolute Gasteiger partial charge is 0.497 e. The summed E-state index contributed by atoms with van der Waals surface area (Å²) in [5.41, 5.74) is 0.382. The summed E-state index contributed by atoms with van der Waals surface area (Å²) in [5, 5.41) is 14.5. The van der Waals surface area contributed by atoms with Gasteiger partial charge in [0.1, 0.15) is 17.5 Å². The van der Waals surface area contributed by atoms with Gasteiger partial charge in [0.2, 0.25) is 0 Å². The van der Waals surface area contributed by atoms with Crippen LogP contribution in [0.3, 0.4) is 0 Å². The number of carbonyl (C=O) groups excluding carboxylic acids is 1. The zero-order chi connectivity index (χ0) is 20.9. The molecular formula is C23H37N2O4+. The second-order valence-electron chi connectivity index (χ2n) is 8.58. The predicted molar refractivity (Wildman–Crippen MR) is 112 cm³/mol. The Kier molecular flexibility index (Phi) is 7.41. The van der Waals surface area contributed by atoms with E-state index in [1.807, 2.05) is 18.2 Å². The van der Waals surface area contributed by atoms with Gasteiger partial charge in [-0.15, -0.1) is 0 Å². The second-order valence-corrected chi connectivity index (χ2v) is 8.58. The van der Waals surface area contributed by atoms with E-state index in [9.17, 15) is 9.90 Å². The van der Waals surface area contributed by atoms with Gasteiger partial charge in [-0.3, -0.25) is 4.79 Å². The van der Waals surface area contributed by atoms with Crippen molar-refractivity contribution in [3.8, 4) is 11.5 Å². The lowest BCUT2D eigenvalue weighted by atomic mass is 9.66. The van der Waals surface area contributed by atoms with E-state index < -0.39 is 5.60 Å². The lowest BCUT2D eigenvalue weighted by molar-refractivity contribution is -0.937. The van der Waals surface area contributed by atoms with Gasteiger partial charge >= 0.3 is 0 Å². The molecular weight excluding hydrogens is 368 g/mol. The first kappa shape index (κ1) is 21.9. The maximum absolute atomic E-state index is 12.6. The molecule has 1 aromatic rings. The van der Waals surface area contributed by atoms with Gasteiger partial charge < -0.3 is 24.8 Å². The predicted octanol–water partition coefficient (Wildman–Crippen LogP) is 1.87. The molecule has 0 aromatic heterocycles. The van der Waals surface area contributed by atoms with Gasteiger partial charge in [-0.1, -0.05) is 26.2 Å². The fraction of sp³-hybridized carbons (Fsp3) is 0.696. The zero-order valence-electron chi connectivity index (χ0n) is 18.1. The summed E-state index contributed by atoms with van der Waals surface area (Å²) < 4.78 is 11.2. The molecule has 29 heavy (non-hydrogen) atoms. The highest BCUT2D eigenvalue weighted by Gasteiger charge is 2.52. The third-order valence-electron chi connectivity index (χ3n) is 6.80. The molecule has 4 atom stereocenters. The van der Waals surface area contributed by atoms with Crippen LogP contribution in [0.25, 0.3) is 0 Å². The Morgan fingerprint density at radius 1 is 1.28 bits per heavy atom. The molecule has 3 rings (SSSR count). The molecule has 6 heteroatoms. The topological polar surface area (TPSA) is 72.2 Å². The molecule has 2 fully saturated rings. The number of hydrogen-bond donors (Lipinski definition) is 3. The van der Waals surface area contributed by atoms with Crippen LogP contribution >= 0.6 is 0 Å². The van der Waals surface area contributed by atoms with Crippen molar-refractivity contribution in [2.75, 3.05) is 33.9 Å². The number of amides is 1. The first-order chi connectivity index (χ1) is 14.0. The quantitative estimate of drug-likeness (QED) is 0.578. The molecule has 1 unspecified atom stereocenters. The third-order valence-corrected chi connectivity index (χ3v) is 6.80. The molecule has 0 spiro atoms. The Morgan fingerprint density at radius 3 is 2.83 bits per heavy atom. The van der Waals surface area contributed by atoms with E-state index in [2.05, 4.69) is 12.2 Å². The van der Waals surface area contributed by atoms with Gasteiger partial charge in [-0.25, -0.2) is 0 Å². The molecule has 162 valence electrons. The molecule has 1 saturated heterocycles. The van der Waals surface area contributed by atoms with Gasteiger partial charge in [0.05, 0.1) is 31.9 Å². The number of unbranched alkanes of at least 4 members (excludes halogenated alkanes) is 1. The molecule has 2 aliphatic rings. The SMILES string of the molecule is CCCCNC(=O)C[NH+]1CC[C@]2(O)CCCC[C@H]2[C@@H]1c1cc(OC)ccc1OC. The van der Waals surface area contributed by atoms with Crippen LogP contribution in [0.4, 0.5) is 0 Å². The number of quaternary nitrogens is 1. The molecule has 6 nitrogen and oxygen atoms in total. The van der Waals surface area contributed by atoms with Crippen molar-refractivity contribution in [2.45, 2.75) is 63.5 Å². The highest BCUT2D eigenvalue weighted by molar-refractivity contribution is 5.76. The van der Waals surface area contributed by atoms with Crippen molar-refractivity contribution in [1.82, 2.24) is 5.32 Å². The first-order valence-corrected chi connectivity index (χ1v) is 11.1. The van der Waals surface area contributed by atoms with Gasteiger partial charge in [0.25, 0.3) is 5.91 Å². The van der Waals surface area contributed by atoms with Crippen LogP contribution in [0.5, 0.6) is 11.5 Å². The number of hydrogen-bond acceptors (Lipinski definition) is 4. The molecule has 3 N–H and O–H groups in total. The highest BCUT2D eigenvalue weighted by atomic mass is 16.5. The van der Waals surface area contributed by atoms with Crippen LogP contribution in [0.1, 0.15) is 63.5 Å². The molecule has 1 heterocycles. The van der Waals surface area contributed by atoms with Crippen molar-refractivity contribution in [3.05, 3.63) is 23.8 Å². The van der Waals surface area contributed by atoms with Crippen molar-refractivity contribution in [3.63, 3.8) is 0 Å². The first-order valence-electron chi connectivity index (χ1n) is 11.1.